The second-order valence-corrected chi connectivity index (χ2v) is 8.77. The molecule has 13 heteroatoms. The van der Waals surface area contributed by atoms with Crippen molar-refractivity contribution in [3.05, 3.63) is 64.3 Å². The number of halogens is 4. The van der Waals surface area contributed by atoms with Gasteiger partial charge in [-0.15, -0.1) is 0 Å². The summed E-state index contributed by atoms with van der Waals surface area (Å²) in [5.74, 6) is -1.17. The third kappa shape index (κ3) is 5.64. The fraction of sp³-hybridized carbons (Fsp3) is 0.200. The van der Waals surface area contributed by atoms with E-state index in [1.165, 1.54) is 25.1 Å². The molecule has 3 rings (SSSR count). The molecular weight excluding hydrogens is 487 g/mol. The van der Waals surface area contributed by atoms with Gasteiger partial charge in [0.2, 0.25) is 5.88 Å². The van der Waals surface area contributed by atoms with Crippen LogP contribution >= 0.6 is 11.6 Å². The molecule has 0 bridgehead atoms. The number of hydrogen-bond donors (Lipinski definition) is 2. The topological polar surface area (TPSA) is 111 Å². The second-order valence-electron chi connectivity index (χ2n) is 6.97. The molecule has 176 valence electrons. The summed E-state index contributed by atoms with van der Waals surface area (Å²) in [6.07, 6.45) is -4.77. The number of nitrogens with zero attached hydrogens (tertiary/aromatic N) is 2. The largest absolute Gasteiger partial charge is 0.467 e. The zero-order valence-electron chi connectivity index (χ0n) is 17.1. The highest BCUT2D eigenvalue weighted by Gasteiger charge is 2.36. The van der Waals surface area contributed by atoms with E-state index in [0.717, 1.165) is 10.7 Å². The number of para-hydroxylation sites is 1. The third-order valence-corrected chi connectivity index (χ3v) is 5.79. The predicted octanol–water partition coefficient (Wildman–Crippen LogP) is 4.43. The van der Waals surface area contributed by atoms with E-state index in [2.05, 4.69) is 10.4 Å². The highest BCUT2D eigenvalue weighted by molar-refractivity contribution is 7.85. The molecule has 8 nitrogen and oxygen atoms in total. The number of anilines is 1. The number of carbonyl (C=O) groups is 1. The molecule has 1 heterocycles. The van der Waals surface area contributed by atoms with Crippen LogP contribution < -0.4 is 10.1 Å². The number of amides is 1. The lowest BCUT2D eigenvalue weighted by Crippen LogP contribution is -2.22. The Balaban J connectivity index is 1.85. The monoisotopic (exact) mass is 503 g/mol. The van der Waals surface area contributed by atoms with Crippen LogP contribution in [0.1, 0.15) is 16.8 Å². The van der Waals surface area contributed by atoms with Crippen molar-refractivity contribution in [3.8, 4) is 11.6 Å². The van der Waals surface area contributed by atoms with Crippen molar-refractivity contribution >= 4 is 33.3 Å². The van der Waals surface area contributed by atoms with E-state index in [0.29, 0.717) is 11.6 Å². The Hall–Kier alpha value is -3.09. The molecule has 2 N–H and O–H groups in total. The van der Waals surface area contributed by atoms with Gasteiger partial charge in [-0.3, -0.25) is 9.35 Å². The quantitative estimate of drug-likeness (QED) is 0.482. The van der Waals surface area contributed by atoms with Crippen LogP contribution in [-0.2, 0) is 21.1 Å². The van der Waals surface area contributed by atoms with Crippen molar-refractivity contribution in [2.75, 3.05) is 11.9 Å². The van der Waals surface area contributed by atoms with Crippen LogP contribution in [0, 0.1) is 13.8 Å². The Morgan fingerprint density at radius 1 is 1.18 bits per heavy atom. The number of ether oxygens (including phenoxy) is 1. The zero-order chi connectivity index (χ0) is 24.6. The fourth-order valence-corrected chi connectivity index (χ4v) is 3.92. The normalized spacial score (nSPS) is 12.0. The fourth-order valence-electron chi connectivity index (χ4n) is 2.97. The second kappa shape index (κ2) is 9.04. The molecule has 0 fully saturated rings. The average Bonchev–Trinajstić information content (AvgIpc) is 3.12. The molecule has 0 aliphatic heterocycles. The molecule has 0 aliphatic rings. The Labute approximate surface area is 191 Å². The molecule has 0 aliphatic carbocycles. The summed E-state index contributed by atoms with van der Waals surface area (Å²) >= 11 is 6.06. The van der Waals surface area contributed by atoms with Gasteiger partial charge in [0, 0.05) is 11.8 Å². The Bertz CT molecular complexity index is 1320. The van der Waals surface area contributed by atoms with Crippen molar-refractivity contribution < 1.29 is 35.7 Å². The number of carbonyl (C=O) groups excluding carboxylic acids is 1. The van der Waals surface area contributed by atoms with Crippen LogP contribution in [0.3, 0.4) is 0 Å². The minimum atomic E-state index is -4.77. The van der Waals surface area contributed by atoms with Crippen LogP contribution in [0.25, 0.3) is 5.69 Å². The van der Waals surface area contributed by atoms with Crippen LogP contribution in [0.15, 0.2) is 47.4 Å². The molecule has 1 amide bonds. The first-order chi connectivity index (χ1) is 15.3. The Morgan fingerprint density at radius 3 is 2.45 bits per heavy atom. The van der Waals surface area contributed by atoms with Gasteiger partial charge in [0.25, 0.3) is 16.0 Å². The lowest BCUT2D eigenvalue weighted by Gasteiger charge is -2.13. The SMILES string of the molecule is Cc1cc(C)c(S(=O)(=O)O)cc1NC(=O)COc1cc(C(F)(F)F)nn1-c1ccccc1Cl. The first-order valence-electron chi connectivity index (χ1n) is 9.21. The first-order valence-corrected chi connectivity index (χ1v) is 11.0. The highest BCUT2D eigenvalue weighted by atomic mass is 35.5. The Morgan fingerprint density at radius 2 is 1.85 bits per heavy atom. The summed E-state index contributed by atoms with van der Waals surface area (Å²) < 4.78 is 78.0. The number of aromatic nitrogens is 2. The van der Waals surface area contributed by atoms with Gasteiger partial charge in [-0.1, -0.05) is 29.8 Å². The van der Waals surface area contributed by atoms with E-state index >= 15 is 0 Å². The van der Waals surface area contributed by atoms with Gasteiger partial charge in [-0.2, -0.15) is 31.4 Å². The molecule has 0 unspecified atom stereocenters. The molecule has 0 saturated heterocycles. The molecule has 1 aromatic heterocycles. The van der Waals surface area contributed by atoms with Gasteiger partial charge < -0.3 is 10.1 Å². The summed E-state index contributed by atoms with van der Waals surface area (Å²) in [4.78, 5) is 12.0. The van der Waals surface area contributed by atoms with E-state index in [4.69, 9.17) is 16.3 Å². The maximum absolute atomic E-state index is 13.2. The summed E-state index contributed by atoms with van der Waals surface area (Å²) in [6.45, 7) is 2.35. The molecular formula is C20H17ClF3N3O5S. The summed E-state index contributed by atoms with van der Waals surface area (Å²) in [5.41, 5.74) is -0.291. The first kappa shape index (κ1) is 24.6. The van der Waals surface area contributed by atoms with Crippen LogP contribution in [-0.4, -0.2) is 35.3 Å². The van der Waals surface area contributed by atoms with Crippen molar-refractivity contribution in [1.29, 1.82) is 0 Å². The molecule has 0 spiro atoms. The van der Waals surface area contributed by atoms with Crippen molar-refractivity contribution in [2.45, 2.75) is 24.9 Å². The molecule has 0 atom stereocenters. The molecule has 3 aromatic rings. The number of nitrogens with one attached hydrogen (secondary N) is 1. The van der Waals surface area contributed by atoms with Gasteiger partial charge in [0.15, 0.2) is 12.3 Å². The van der Waals surface area contributed by atoms with Crippen molar-refractivity contribution in [3.63, 3.8) is 0 Å². The minimum Gasteiger partial charge on any atom is -0.467 e. The molecule has 0 radical (unpaired) electrons. The maximum atomic E-state index is 13.2. The van der Waals surface area contributed by atoms with E-state index < -0.39 is 39.4 Å². The summed E-state index contributed by atoms with van der Waals surface area (Å²) in [7, 11) is -4.53. The lowest BCUT2D eigenvalue weighted by atomic mass is 10.1. The van der Waals surface area contributed by atoms with E-state index in [1.54, 1.807) is 19.1 Å². The number of hydrogen-bond acceptors (Lipinski definition) is 5. The van der Waals surface area contributed by atoms with E-state index in [9.17, 15) is 30.9 Å². The van der Waals surface area contributed by atoms with E-state index in [-0.39, 0.29) is 27.8 Å². The predicted molar refractivity (Wildman–Crippen MR) is 113 cm³/mol. The number of aryl methyl sites for hydroxylation is 2. The minimum absolute atomic E-state index is 0.0809. The zero-order valence-corrected chi connectivity index (χ0v) is 18.7. The van der Waals surface area contributed by atoms with Gasteiger partial charge in [-0.25, -0.2) is 0 Å². The van der Waals surface area contributed by atoms with Crippen LogP contribution in [0.5, 0.6) is 5.88 Å². The van der Waals surface area contributed by atoms with Crippen LogP contribution in [0.4, 0.5) is 18.9 Å². The van der Waals surface area contributed by atoms with E-state index in [1.807, 2.05) is 0 Å². The van der Waals surface area contributed by atoms with Crippen LogP contribution in [0.2, 0.25) is 5.02 Å². The van der Waals surface area contributed by atoms with Crippen molar-refractivity contribution in [1.82, 2.24) is 9.78 Å². The van der Waals surface area contributed by atoms with Gasteiger partial charge >= 0.3 is 6.18 Å². The highest BCUT2D eigenvalue weighted by Crippen LogP contribution is 2.33. The summed E-state index contributed by atoms with van der Waals surface area (Å²) in [5, 5.41) is 6.01. The lowest BCUT2D eigenvalue weighted by molar-refractivity contribution is -0.141. The number of benzene rings is 2. The number of rotatable bonds is 6. The Kier molecular flexibility index (Phi) is 6.73. The summed E-state index contributed by atoms with van der Waals surface area (Å²) in [6, 6.07) is 9.15. The maximum Gasteiger partial charge on any atom is 0.435 e. The average molecular weight is 504 g/mol. The molecule has 2 aromatic carbocycles. The van der Waals surface area contributed by atoms with Gasteiger partial charge in [0.05, 0.1) is 15.6 Å². The standard InChI is InChI=1S/C20H17ClF3N3O5S/c1-11-7-12(2)16(33(29,30)31)8-14(11)25-18(28)10-32-19-9-17(20(22,23)24)26-27(19)15-6-4-3-5-13(15)21/h3-9H,10H2,1-2H3,(H,25,28)(H,29,30,31). The van der Waals surface area contributed by atoms with Gasteiger partial charge in [0.1, 0.15) is 0 Å². The molecule has 0 saturated carbocycles. The molecule has 33 heavy (non-hydrogen) atoms. The van der Waals surface area contributed by atoms with Gasteiger partial charge in [-0.05, 0) is 43.2 Å². The van der Waals surface area contributed by atoms with Crippen molar-refractivity contribution in [2.24, 2.45) is 0 Å². The number of alkyl halides is 3. The third-order valence-electron chi connectivity index (χ3n) is 4.47. The smallest absolute Gasteiger partial charge is 0.435 e.